The molecular weight excluding hydrogens is 390 g/mol. The van der Waals surface area contributed by atoms with Gasteiger partial charge in [0, 0.05) is 30.5 Å². The number of amides is 2. The molecule has 0 radical (unpaired) electrons. The summed E-state index contributed by atoms with van der Waals surface area (Å²) in [5.74, 6) is 0.872. The van der Waals surface area contributed by atoms with Gasteiger partial charge < -0.3 is 24.7 Å². The monoisotopic (exact) mass is 419 g/mol. The van der Waals surface area contributed by atoms with Crippen molar-refractivity contribution in [2.24, 2.45) is 0 Å². The van der Waals surface area contributed by atoms with E-state index in [2.05, 4.69) is 34.6 Å². The fourth-order valence-electron chi connectivity index (χ4n) is 4.96. The van der Waals surface area contributed by atoms with Crippen LogP contribution in [-0.4, -0.2) is 49.3 Å². The molecule has 6 heteroatoms. The molecule has 3 aromatic rings. The van der Waals surface area contributed by atoms with Gasteiger partial charge in [-0.1, -0.05) is 30.3 Å². The molecule has 0 bridgehead atoms. The van der Waals surface area contributed by atoms with Gasteiger partial charge in [0.2, 0.25) is 0 Å². The number of nitrogens with one attached hydrogen (secondary N) is 2. The summed E-state index contributed by atoms with van der Waals surface area (Å²) in [6, 6.07) is 16.4. The number of aromatic nitrogens is 1. The number of rotatable bonds is 4. The van der Waals surface area contributed by atoms with Crippen molar-refractivity contribution in [1.29, 1.82) is 0 Å². The molecule has 162 valence electrons. The molecule has 2 aliphatic rings. The van der Waals surface area contributed by atoms with E-state index in [0.717, 1.165) is 36.9 Å². The van der Waals surface area contributed by atoms with E-state index in [9.17, 15) is 4.79 Å². The van der Waals surface area contributed by atoms with Gasteiger partial charge >= 0.3 is 6.03 Å². The molecule has 0 unspecified atom stereocenters. The fourth-order valence-corrected chi connectivity index (χ4v) is 4.96. The maximum Gasteiger partial charge on any atom is 0.317 e. The zero-order chi connectivity index (χ0) is 21.3. The van der Waals surface area contributed by atoms with Crippen LogP contribution in [0.2, 0.25) is 0 Å². The number of urea groups is 1. The molecule has 0 aliphatic carbocycles. The van der Waals surface area contributed by atoms with Crippen molar-refractivity contribution in [3.8, 4) is 5.75 Å². The number of carbonyl (C=O) groups is 1. The minimum absolute atomic E-state index is 0.0168. The number of nitrogens with zero attached hydrogens (tertiary/aromatic N) is 1. The van der Waals surface area contributed by atoms with Crippen LogP contribution in [0.5, 0.6) is 5.75 Å². The predicted octanol–water partition coefficient (Wildman–Crippen LogP) is 3.99. The molecule has 0 atom stereocenters. The van der Waals surface area contributed by atoms with E-state index in [4.69, 9.17) is 9.47 Å². The van der Waals surface area contributed by atoms with Crippen LogP contribution < -0.4 is 10.1 Å². The van der Waals surface area contributed by atoms with Crippen LogP contribution in [-0.2, 0) is 23.2 Å². The van der Waals surface area contributed by atoms with Crippen LogP contribution in [0.1, 0.15) is 29.7 Å². The average molecular weight is 420 g/mol. The zero-order valence-corrected chi connectivity index (χ0v) is 17.9. The van der Waals surface area contributed by atoms with E-state index >= 15 is 0 Å². The molecule has 1 aromatic heterocycles. The molecule has 6 nitrogen and oxygen atoms in total. The molecule has 31 heavy (non-hydrogen) atoms. The van der Waals surface area contributed by atoms with E-state index in [0.29, 0.717) is 26.2 Å². The van der Waals surface area contributed by atoms with Gasteiger partial charge in [0.25, 0.3) is 0 Å². The summed E-state index contributed by atoms with van der Waals surface area (Å²) in [5, 5.41) is 4.29. The highest BCUT2D eigenvalue weighted by Gasteiger charge is 2.43. The van der Waals surface area contributed by atoms with Crippen molar-refractivity contribution in [2.45, 2.75) is 31.3 Å². The summed E-state index contributed by atoms with van der Waals surface area (Å²) in [6.07, 6.45) is 3.34. The number of hydrogen-bond acceptors (Lipinski definition) is 3. The maximum atomic E-state index is 12.7. The van der Waals surface area contributed by atoms with Gasteiger partial charge in [-0.15, -0.1) is 0 Å². The van der Waals surface area contributed by atoms with Crippen molar-refractivity contribution in [1.82, 2.24) is 15.2 Å². The smallest absolute Gasteiger partial charge is 0.317 e. The molecular formula is C25H29N3O3. The third-order valence-electron chi connectivity index (χ3n) is 6.69. The lowest BCUT2D eigenvalue weighted by atomic mass is 9.83. The van der Waals surface area contributed by atoms with Crippen LogP contribution in [0.3, 0.4) is 0 Å². The van der Waals surface area contributed by atoms with Gasteiger partial charge in [0.15, 0.2) is 0 Å². The Morgan fingerprint density at radius 3 is 2.77 bits per heavy atom. The third-order valence-corrected chi connectivity index (χ3v) is 6.69. The number of ether oxygens (including phenoxy) is 2. The molecule has 2 amide bonds. The minimum atomic E-state index is -0.333. The largest absolute Gasteiger partial charge is 0.497 e. The van der Waals surface area contributed by atoms with E-state index in [1.807, 2.05) is 29.2 Å². The molecule has 2 aromatic carbocycles. The van der Waals surface area contributed by atoms with Gasteiger partial charge in [0.1, 0.15) is 11.4 Å². The third kappa shape index (κ3) is 3.76. The van der Waals surface area contributed by atoms with Crippen molar-refractivity contribution < 1.29 is 14.3 Å². The van der Waals surface area contributed by atoms with E-state index in [1.54, 1.807) is 7.11 Å². The van der Waals surface area contributed by atoms with Crippen LogP contribution in [0.4, 0.5) is 4.79 Å². The fraction of sp³-hybridized carbons (Fsp3) is 0.400. The van der Waals surface area contributed by atoms with Crippen LogP contribution in [0.25, 0.3) is 10.9 Å². The lowest BCUT2D eigenvalue weighted by Crippen LogP contribution is -2.51. The highest BCUT2D eigenvalue weighted by atomic mass is 16.5. The molecule has 2 N–H and O–H groups in total. The van der Waals surface area contributed by atoms with Crippen LogP contribution in [0, 0.1) is 0 Å². The lowest BCUT2D eigenvalue weighted by Gasteiger charge is -2.43. The Labute approximate surface area is 182 Å². The van der Waals surface area contributed by atoms with Crippen molar-refractivity contribution >= 4 is 16.9 Å². The van der Waals surface area contributed by atoms with Gasteiger partial charge in [-0.3, -0.25) is 0 Å². The molecule has 1 spiro atoms. The van der Waals surface area contributed by atoms with Gasteiger partial charge in [-0.2, -0.15) is 0 Å². The summed E-state index contributed by atoms with van der Waals surface area (Å²) < 4.78 is 11.8. The SMILES string of the molecule is COc1ccc2[nH]c3c(c2c1)CCOC31CCN(C(=O)NCCc2ccccc2)CC1. The highest BCUT2D eigenvalue weighted by Crippen LogP contribution is 2.44. The quantitative estimate of drug-likeness (QED) is 0.672. The summed E-state index contributed by atoms with van der Waals surface area (Å²) >= 11 is 0. The number of carbonyl (C=O) groups excluding carboxylic acids is 1. The Kier molecular flexibility index (Phi) is 5.32. The summed E-state index contributed by atoms with van der Waals surface area (Å²) in [7, 11) is 1.70. The first-order chi connectivity index (χ1) is 15.2. The number of fused-ring (bicyclic) bond motifs is 4. The minimum Gasteiger partial charge on any atom is -0.497 e. The first kappa shape index (κ1) is 19.9. The molecule has 5 rings (SSSR count). The molecule has 1 fully saturated rings. The summed E-state index contributed by atoms with van der Waals surface area (Å²) in [4.78, 5) is 18.2. The van der Waals surface area contributed by atoms with E-state index in [-0.39, 0.29) is 11.6 Å². The highest BCUT2D eigenvalue weighted by molar-refractivity contribution is 5.86. The van der Waals surface area contributed by atoms with Gasteiger partial charge in [0.05, 0.1) is 19.4 Å². The number of piperidine rings is 1. The number of aromatic amines is 1. The number of hydrogen-bond donors (Lipinski definition) is 2. The van der Waals surface area contributed by atoms with Crippen molar-refractivity contribution in [3.05, 3.63) is 65.4 Å². The van der Waals surface area contributed by atoms with E-state index < -0.39 is 0 Å². The summed E-state index contributed by atoms with van der Waals surface area (Å²) in [5.41, 5.74) is 4.54. The second-order valence-electron chi connectivity index (χ2n) is 8.44. The Balaban J connectivity index is 1.25. The predicted molar refractivity (Wildman–Crippen MR) is 121 cm³/mol. The van der Waals surface area contributed by atoms with Crippen LogP contribution >= 0.6 is 0 Å². The number of benzene rings is 2. The van der Waals surface area contributed by atoms with Crippen LogP contribution in [0.15, 0.2) is 48.5 Å². The molecule has 3 heterocycles. The Morgan fingerprint density at radius 2 is 2.00 bits per heavy atom. The number of likely N-dealkylation sites (tertiary alicyclic amines) is 1. The topological polar surface area (TPSA) is 66.6 Å². The standard InChI is InChI=1S/C25H29N3O3/c1-30-19-7-8-22-21(17-19)20-10-16-31-25(23(20)27-22)11-14-28(15-12-25)24(29)26-13-9-18-5-3-2-4-6-18/h2-8,17,27H,9-16H2,1H3,(H,26,29). The molecule has 0 saturated carbocycles. The lowest BCUT2D eigenvalue weighted by molar-refractivity contribution is -0.0948. The number of methoxy groups -OCH3 is 1. The molecule has 2 aliphatic heterocycles. The normalized spacial score (nSPS) is 17.5. The first-order valence-electron chi connectivity index (χ1n) is 11.1. The number of H-pyrrole nitrogens is 1. The van der Waals surface area contributed by atoms with E-state index in [1.165, 1.54) is 22.2 Å². The first-order valence-corrected chi connectivity index (χ1v) is 11.1. The second kappa shape index (κ2) is 8.27. The van der Waals surface area contributed by atoms with Gasteiger partial charge in [-0.05, 0) is 55.0 Å². The van der Waals surface area contributed by atoms with Crippen molar-refractivity contribution in [2.75, 3.05) is 33.4 Å². The molecule has 1 saturated heterocycles. The Morgan fingerprint density at radius 1 is 1.19 bits per heavy atom. The van der Waals surface area contributed by atoms with Crippen molar-refractivity contribution in [3.63, 3.8) is 0 Å². The Hall–Kier alpha value is -2.99. The zero-order valence-electron chi connectivity index (χ0n) is 17.9. The second-order valence-corrected chi connectivity index (χ2v) is 8.44. The summed E-state index contributed by atoms with van der Waals surface area (Å²) in [6.45, 7) is 2.74. The van der Waals surface area contributed by atoms with Gasteiger partial charge in [-0.25, -0.2) is 4.79 Å². The maximum absolute atomic E-state index is 12.7. The average Bonchev–Trinajstić information content (AvgIpc) is 3.20. The Bertz CT molecular complexity index is 1070.